The van der Waals surface area contributed by atoms with E-state index in [0.29, 0.717) is 32.4 Å². The number of benzene rings is 3. The van der Waals surface area contributed by atoms with Gasteiger partial charge in [-0.15, -0.1) is 22.7 Å². The first-order valence-electron chi connectivity index (χ1n) is 14.6. The van der Waals surface area contributed by atoms with Gasteiger partial charge >= 0.3 is 0 Å². The van der Waals surface area contributed by atoms with Crippen molar-refractivity contribution in [2.45, 2.75) is 0 Å². The lowest BCUT2D eigenvalue weighted by Crippen LogP contribution is -1.88. The van der Waals surface area contributed by atoms with E-state index in [0.717, 1.165) is 33.6 Å². The highest BCUT2D eigenvalue weighted by atomic mass is 32.1. The van der Waals surface area contributed by atoms with E-state index in [1.54, 1.807) is 42.2 Å². The molecule has 3 aromatic carbocycles. The van der Waals surface area contributed by atoms with Crippen LogP contribution in [0.4, 0.5) is 5.69 Å². The molecule has 0 aliphatic rings. The molecule has 11 nitrogen and oxygen atoms in total. The summed E-state index contributed by atoms with van der Waals surface area (Å²) < 4.78 is 0. The van der Waals surface area contributed by atoms with Crippen LogP contribution < -0.4 is 0 Å². The molecule has 0 aliphatic carbocycles. The number of hydrogen-bond acceptors (Lipinski definition) is 10. The van der Waals surface area contributed by atoms with Crippen LogP contribution in [0.15, 0.2) is 114 Å². The van der Waals surface area contributed by atoms with Crippen molar-refractivity contribution in [1.82, 2.24) is 30.4 Å². The number of hydrogen-bond donors (Lipinski definition) is 2. The number of aromatic amines is 2. The number of nitro benzene ring substituents is 1. The maximum Gasteiger partial charge on any atom is 0.270 e. The van der Waals surface area contributed by atoms with Gasteiger partial charge in [-0.1, -0.05) is 72.8 Å². The Morgan fingerprint density at radius 3 is 1.86 bits per heavy atom. The van der Waals surface area contributed by atoms with Gasteiger partial charge in [0, 0.05) is 56.9 Å². The fraction of sp³-hybridized carbons (Fsp3) is 0. The van der Waals surface area contributed by atoms with Gasteiger partial charge < -0.3 is 0 Å². The smallest absolute Gasteiger partial charge is 0.270 e. The van der Waals surface area contributed by atoms with Crippen LogP contribution in [0.25, 0.3) is 57.1 Å². The Labute approximate surface area is 288 Å². The summed E-state index contributed by atoms with van der Waals surface area (Å²) >= 11 is 2.76. The largest absolute Gasteiger partial charge is 0.277 e. The van der Waals surface area contributed by atoms with Gasteiger partial charge in [0.15, 0.2) is 0 Å². The second kappa shape index (κ2) is 15.2. The van der Waals surface area contributed by atoms with Crippen molar-refractivity contribution < 1.29 is 4.92 Å². The van der Waals surface area contributed by atoms with Gasteiger partial charge in [-0.25, -0.2) is 9.97 Å². The van der Waals surface area contributed by atoms with Crippen LogP contribution in [0, 0.1) is 32.8 Å². The maximum absolute atomic E-state index is 11.0. The van der Waals surface area contributed by atoms with Crippen molar-refractivity contribution >= 4 is 51.7 Å². The Hall–Kier alpha value is -6.80. The Morgan fingerprint density at radius 1 is 0.755 bits per heavy atom. The first-order valence-corrected chi connectivity index (χ1v) is 16.3. The van der Waals surface area contributed by atoms with Crippen molar-refractivity contribution in [1.29, 1.82) is 10.5 Å². The van der Waals surface area contributed by atoms with Crippen LogP contribution >= 0.6 is 22.7 Å². The normalized spacial score (nSPS) is 11.2. The monoisotopic (exact) mass is 677 g/mol. The molecule has 0 saturated carbocycles. The highest BCUT2D eigenvalue weighted by molar-refractivity contribution is 7.11. The van der Waals surface area contributed by atoms with Crippen molar-refractivity contribution in [3.8, 4) is 45.9 Å². The SMILES string of the molecule is N#C/C(=C\c1cn[nH]c1-c1ccccc1)c1nc(-c2cccc([N+](=O)[O-])c2)cs1.N#C/C(=C\c1cn[nH]c1-c1ccccc1)c1nccs1. The van der Waals surface area contributed by atoms with Crippen LogP contribution in [0.3, 0.4) is 0 Å². The molecule has 0 atom stereocenters. The summed E-state index contributed by atoms with van der Waals surface area (Å²) in [4.78, 5) is 19.2. The average molecular weight is 678 g/mol. The molecule has 0 radical (unpaired) electrons. The Kier molecular flexibility index (Phi) is 9.97. The third-order valence-corrected chi connectivity index (χ3v) is 8.73. The zero-order chi connectivity index (χ0) is 34.0. The first-order chi connectivity index (χ1) is 24.0. The van der Waals surface area contributed by atoms with Crippen molar-refractivity contribution in [2.75, 3.05) is 0 Å². The van der Waals surface area contributed by atoms with Crippen LogP contribution in [0.5, 0.6) is 0 Å². The standard InChI is InChI=1S/C21H13N5O2S.C15H10N4S/c22-11-16(9-17-12-23-25-20(17)14-5-2-1-3-6-14)21-24-19(13-29-21)15-7-4-8-18(10-15)26(27)28;16-9-12(15-17-6-7-20-15)8-13-10-18-19-14(13)11-4-2-1-3-5-11/h1-10,12-13H,(H,23,25);1-8,10H,(H,18,19)/b16-9+;12-8+. The van der Waals surface area contributed by atoms with Crippen molar-refractivity contribution in [3.63, 3.8) is 0 Å². The zero-order valence-corrected chi connectivity index (χ0v) is 27.0. The number of nitriles is 2. The summed E-state index contributed by atoms with van der Waals surface area (Å²) in [6.07, 6.45) is 8.62. The molecule has 0 amide bonds. The lowest BCUT2D eigenvalue weighted by atomic mass is 10.1. The molecule has 13 heteroatoms. The molecule has 7 rings (SSSR count). The minimum atomic E-state index is -0.443. The summed E-state index contributed by atoms with van der Waals surface area (Å²) in [6.45, 7) is 0. The van der Waals surface area contributed by atoms with Crippen LogP contribution in [0.2, 0.25) is 0 Å². The second-order valence-corrected chi connectivity index (χ2v) is 11.9. The Bertz CT molecular complexity index is 2340. The average Bonchev–Trinajstić information content (AvgIpc) is 3.99. The molecule has 0 saturated heterocycles. The maximum atomic E-state index is 11.0. The number of thiazole rings is 2. The number of nitro groups is 1. The number of H-pyrrole nitrogens is 2. The number of nitrogens with one attached hydrogen (secondary N) is 2. The Balaban J connectivity index is 0.000000182. The molecular weight excluding hydrogens is 655 g/mol. The van der Waals surface area contributed by atoms with Gasteiger partial charge in [0.05, 0.1) is 45.5 Å². The summed E-state index contributed by atoms with van der Waals surface area (Å²) in [6, 6.07) is 30.3. The fourth-order valence-electron chi connectivity index (χ4n) is 4.74. The molecule has 2 N–H and O–H groups in total. The summed E-state index contributed by atoms with van der Waals surface area (Å²) in [7, 11) is 0. The molecule has 236 valence electrons. The molecule has 0 spiro atoms. The molecule has 4 aromatic heterocycles. The van der Waals surface area contributed by atoms with E-state index in [1.807, 2.05) is 72.1 Å². The van der Waals surface area contributed by atoms with Crippen molar-refractivity contribution in [3.05, 3.63) is 146 Å². The Morgan fingerprint density at radius 2 is 1.33 bits per heavy atom. The van der Waals surface area contributed by atoms with Gasteiger partial charge in [-0.2, -0.15) is 20.7 Å². The predicted octanol–water partition coefficient (Wildman–Crippen LogP) is 8.77. The summed E-state index contributed by atoms with van der Waals surface area (Å²) in [5.74, 6) is 0. The van der Waals surface area contributed by atoms with E-state index >= 15 is 0 Å². The lowest BCUT2D eigenvalue weighted by Gasteiger charge is -2.00. The minimum Gasteiger partial charge on any atom is -0.277 e. The molecule has 0 fully saturated rings. The molecule has 0 unspecified atom stereocenters. The quantitative estimate of drug-likeness (QED) is 0.0912. The molecule has 0 bridgehead atoms. The highest BCUT2D eigenvalue weighted by Crippen LogP contribution is 2.31. The van der Waals surface area contributed by atoms with E-state index in [9.17, 15) is 20.6 Å². The van der Waals surface area contributed by atoms with E-state index in [1.165, 1.54) is 34.8 Å². The molecule has 7 aromatic rings. The number of non-ortho nitro benzene ring substituents is 1. The number of nitrogens with zero attached hydrogens (tertiary/aromatic N) is 7. The predicted molar refractivity (Wildman–Crippen MR) is 191 cm³/mol. The van der Waals surface area contributed by atoms with Gasteiger partial charge in [0.2, 0.25) is 0 Å². The van der Waals surface area contributed by atoms with Crippen LogP contribution in [0.1, 0.15) is 21.1 Å². The van der Waals surface area contributed by atoms with Crippen LogP contribution in [-0.2, 0) is 0 Å². The number of aromatic nitrogens is 6. The second-order valence-electron chi connectivity index (χ2n) is 10.2. The topological polar surface area (TPSA) is 174 Å². The summed E-state index contributed by atoms with van der Waals surface area (Å²) in [5, 5.41) is 48.9. The van der Waals surface area contributed by atoms with Gasteiger partial charge in [0.25, 0.3) is 5.69 Å². The van der Waals surface area contributed by atoms with Gasteiger partial charge in [0.1, 0.15) is 22.2 Å². The zero-order valence-electron chi connectivity index (χ0n) is 25.4. The fourth-order valence-corrected chi connectivity index (χ4v) is 6.14. The molecule has 4 heterocycles. The third-order valence-electron chi connectivity index (χ3n) is 7.05. The lowest BCUT2D eigenvalue weighted by molar-refractivity contribution is -0.384. The minimum absolute atomic E-state index is 0.000927. The molecule has 49 heavy (non-hydrogen) atoms. The first kappa shape index (κ1) is 32.2. The third kappa shape index (κ3) is 7.61. The van der Waals surface area contributed by atoms with E-state index in [4.69, 9.17) is 0 Å². The van der Waals surface area contributed by atoms with Gasteiger partial charge in [-0.3, -0.25) is 20.3 Å². The van der Waals surface area contributed by atoms with E-state index in [-0.39, 0.29) is 5.69 Å². The van der Waals surface area contributed by atoms with E-state index in [2.05, 4.69) is 42.5 Å². The molecular formula is C36H23N9O2S2. The number of allylic oxidation sites excluding steroid dienone is 2. The van der Waals surface area contributed by atoms with E-state index < -0.39 is 4.92 Å². The highest BCUT2D eigenvalue weighted by Gasteiger charge is 2.14. The number of rotatable bonds is 8. The van der Waals surface area contributed by atoms with Gasteiger partial charge in [-0.05, 0) is 12.2 Å². The summed E-state index contributed by atoms with van der Waals surface area (Å²) in [5.41, 5.74) is 7.52. The van der Waals surface area contributed by atoms with Crippen molar-refractivity contribution in [2.24, 2.45) is 0 Å². The molecule has 0 aliphatic heterocycles. The van der Waals surface area contributed by atoms with Crippen LogP contribution in [-0.4, -0.2) is 35.3 Å².